The van der Waals surface area contributed by atoms with Crippen LogP contribution in [0.15, 0.2) is 36.4 Å². The molecule has 0 aliphatic rings. The molecule has 2 aromatic carbocycles. The molecule has 0 radical (unpaired) electrons. The standard InChI is InChI=1S/C23H26Cl4N2O2/c1-3-5-10-28-23(31)21(4-2)29(14-16-7-8-17(24)13-19(16)26)22(30)12-15-6-9-18(25)20(27)11-15/h6-9,11,13,21H,3-5,10,12,14H2,1-2H3,(H,28,31)/t21-/m0/s1. The van der Waals surface area contributed by atoms with Gasteiger partial charge in [0, 0.05) is 23.1 Å². The molecule has 0 saturated carbocycles. The molecule has 1 N–H and O–H groups in total. The Balaban J connectivity index is 2.31. The largest absolute Gasteiger partial charge is 0.354 e. The summed E-state index contributed by atoms with van der Waals surface area (Å²) in [6.07, 6.45) is 2.40. The summed E-state index contributed by atoms with van der Waals surface area (Å²) in [5.74, 6) is -0.384. The normalized spacial score (nSPS) is 11.8. The first-order valence-electron chi connectivity index (χ1n) is 10.2. The van der Waals surface area contributed by atoms with Gasteiger partial charge in [0.15, 0.2) is 0 Å². The number of carbonyl (C=O) groups is 2. The lowest BCUT2D eigenvalue weighted by atomic mass is 10.1. The van der Waals surface area contributed by atoms with Crippen molar-refractivity contribution in [3.8, 4) is 0 Å². The predicted octanol–water partition coefficient (Wildman–Crippen LogP) is 6.57. The molecule has 0 aliphatic heterocycles. The van der Waals surface area contributed by atoms with Gasteiger partial charge in [-0.05, 0) is 48.2 Å². The summed E-state index contributed by atoms with van der Waals surface area (Å²) in [7, 11) is 0. The first kappa shape index (κ1) is 25.8. The number of carbonyl (C=O) groups excluding carboxylic acids is 2. The fraction of sp³-hybridized carbons (Fsp3) is 0.391. The van der Waals surface area contributed by atoms with Crippen LogP contribution in [0, 0.1) is 0 Å². The molecule has 31 heavy (non-hydrogen) atoms. The van der Waals surface area contributed by atoms with Crippen molar-refractivity contribution in [2.45, 2.75) is 52.1 Å². The molecule has 0 aliphatic carbocycles. The third-order valence-corrected chi connectivity index (χ3v) is 6.24. The van der Waals surface area contributed by atoms with E-state index >= 15 is 0 Å². The lowest BCUT2D eigenvalue weighted by molar-refractivity contribution is -0.140. The van der Waals surface area contributed by atoms with Crippen LogP contribution in [0.5, 0.6) is 0 Å². The van der Waals surface area contributed by atoms with Crippen molar-refractivity contribution >= 4 is 58.2 Å². The van der Waals surface area contributed by atoms with Gasteiger partial charge in [0.05, 0.1) is 16.5 Å². The molecular formula is C23H26Cl4N2O2. The van der Waals surface area contributed by atoms with Crippen molar-refractivity contribution in [2.24, 2.45) is 0 Å². The lowest BCUT2D eigenvalue weighted by Gasteiger charge is -2.31. The Kier molecular flexibility index (Phi) is 10.4. The van der Waals surface area contributed by atoms with Crippen LogP contribution in [0.3, 0.4) is 0 Å². The molecule has 168 valence electrons. The number of halogens is 4. The highest BCUT2D eigenvalue weighted by Crippen LogP contribution is 2.26. The third kappa shape index (κ3) is 7.57. The van der Waals surface area contributed by atoms with Crippen molar-refractivity contribution in [2.75, 3.05) is 6.54 Å². The first-order valence-corrected chi connectivity index (χ1v) is 11.7. The van der Waals surface area contributed by atoms with E-state index in [1.807, 2.05) is 6.92 Å². The molecule has 8 heteroatoms. The molecule has 2 amide bonds. The predicted molar refractivity (Wildman–Crippen MR) is 129 cm³/mol. The van der Waals surface area contributed by atoms with Gasteiger partial charge >= 0.3 is 0 Å². The Bertz CT molecular complexity index is 920. The Morgan fingerprint density at radius 2 is 1.71 bits per heavy atom. The van der Waals surface area contributed by atoms with E-state index in [0.717, 1.165) is 12.8 Å². The minimum Gasteiger partial charge on any atom is -0.354 e. The van der Waals surface area contributed by atoms with E-state index in [2.05, 4.69) is 12.2 Å². The van der Waals surface area contributed by atoms with E-state index in [1.54, 1.807) is 41.3 Å². The Hall–Kier alpha value is -1.46. The second kappa shape index (κ2) is 12.5. The molecule has 0 bridgehead atoms. The van der Waals surface area contributed by atoms with Gasteiger partial charge in [-0.15, -0.1) is 0 Å². The topological polar surface area (TPSA) is 49.4 Å². The number of hydrogen-bond acceptors (Lipinski definition) is 2. The quantitative estimate of drug-likeness (QED) is 0.373. The first-order chi connectivity index (χ1) is 14.8. The van der Waals surface area contributed by atoms with Crippen LogP contribution in [0.2, 0.25) is 20.1 Å². The van der Waals surface area contributed by atoms with Gasteiger partial charge in [0.25, 0.3) is 0 Å². The Morgan fingerprint density at radius 3 is 2.32 bits per heavy atom. The maximum atomic E-state index is 13.3. The van der Waals surface area contributed by atoms with Crippen LogP contribution in [-0.4, -0.2) is 29.3 Å². The molecule has 0 aromatic heterocycles. The zero-order chi connectivity index (χ0) is 23.0. The van der Waals surface area contributed by atoms with Crippen LogP contribution >= 0.6 is 46.4 Å². The molecule has 1 atom stereocenters. The maximum Gasteiger partial charge on any atom is 0.242 e. The van der Waals surface area contributed by atoms with E-state index in [9.17, 15) is 9.59 Å². The summed E-state index contributed by atoms with van der Waals surface area (Å²) < 4.78 is 0. The minimum atomic E-state index is -0.626. The zero-order valence-electron chi connectivity index (χ0n) is 17.6. The number of rotatable bonds is 10. The monoisotopic (exact) mass is 502 g/mol. The highest BCUT2D eigenvalue weighted by Gasteiger charge is 2.29. The van der Waals surface area contributed by atoms with Crippen LogP contribution in [0.25, 0.3) is 0 Å². The molecule has 2 aromatic rings. The molecule has 4 nitrogen and oxygen atoms in total. The molecule has 0 fully saturated rings. The summed E-state index contributed by atoms with van der Waals surface area (Å²) in [4.78, 5) is 27.8. The number of nitrogens with zero attached hydrogens (tertiary/aromatic N) is 1. The summed E-state index contributed by atoms with van der Waals surface area (Å²) in [5, 5.41) is 4.69. The van der Waals surface area contributed by atoms with Gasteiger partial charge in [-0.25, -0.2) is 0 Å². The number of amides is 2. The zero-order valence-corrected chi connectivity index (χ0v) is 20.6. The van der Waals surface area contributed by atoms with Crippen LogP contribution in [-0.2, 0) is 22.6 Å². The SMILES string of the molecule is CCCCNC(=O)[C@H](CC)N(Cc1ccc(Cl)cc1Cl)C(=O)Cc1ccc(Cl)c(Cl)c1. The lowest BCUT2D eigenvalue weighted by Crippen LogP contribution is -2.49. The molecule has 0 saturated heterocycles. The van der Waals surface area contributed by atoms with E-state index in [0.29, 0.717) is 44.2 Å². The van der Waals surface area contributed by atoms with Crippen molar-refractivity contribution in [3.63, 3.8) is 0 Å². The molecule has 0 heterocycles. The van der Waals surface area contributed by atoms with Crippen molar-refractivity contribution in [1.29, 1.82) is 0 Å². The van der Waals surface area contributed by atoms with Gasteiger partial charge < -0.3 is 10.2 Å². The molecule has 2 rings (SSSR count). The molecule has 0 spiro atoms. The van der Waals surface area contributed by atoms with Crippen molar-refractivity contribution in [3.05, 3.63) is 67.6 Å². The van der Waals surface area contributed by atoms with Gasteiger partial charge in [0.2, 0.25) is 11.8 Å². The highest BCUT2D eigenvalue weighted by atomic mass is 35.5. The fourth-order valence-electron chi connectivity index (χ4n) is 3.18. The van der Waals surface area contributed by atoms with E-state index in [1.165, 1.54) is 0 Å². The van der Waals surface area contributed by atoms with Crippen LogP contribution in [0.4, 0.5) is 0 Å². The average molecular weight is 504 g/mol. The second-order valence-corrected chi connectivity index (χ2v) is 8.91. The smallest absolute Gasteiger partial charge is 0.242 e. The summed E-state index contributed by atoms with van der Waals surface area (Å²) in [6, 6.07) is 9.56. The van der Waals surface area contributed by atoms with Crippen LogP contribution < -0.4 is 5.32 Å². The Morgan fingerprint density at radius 1 is 0.968 bits per heavy atom. The van der Waals surface area contributed by atoms with Gasteiger partial charge in [0.1, 0.15) is 6.04 Å². The average Bonchev–Trinajstić information content (AvgIpc) is 2.72. The second-order valence-electron chi connectivity index (χ2n) is 7.25. The number of nitrogens with one attached hydrogen (secondary N) is 1. The third-order valence-electron chi connectivity index (χ3n) is 4.91. The highest BCUT2D eigenvalue weighted by molar-refractivity contribution is 6.42. The van der Waals surface area contributed by atoms with Crippen LogP contribution in [0.1, 0.15) is 44.2 Å². The molecule has 0 unspecified atom stereocenters. The van der Waals surface area contributed by atoms with E-state index in [-0.39, 0.29) is 24.8 Å². The molecular weight excluding hydrogens is 478 g/mol. The minimum absolute atomic E-state index is 0.0842. The number of unbranched alkanes of at least 4 members (excludes halogenated alkanes) is 1. The Labute approximate surface area is 203 Å². The maximum absolute atomic E-state index is 13.3. The van der Waals surface area contributed by atoms with Crippen molar-refractivity contribution in [1.82, 2.24) is 10.2 Å². The number of hydrogen-bond donors (Lipinski definition) is 1. The summed E-state index contributed by atoms with van der Waals surface area (Å²) >= 11 is 24.5. The fourth-order valence-corrected chi connectivity index (χ4v) is 3.97. The van der Waals surface area contributed by atoms with E-state index < -0.39 is 6.04 Å². The summed E-state index contributed by atoms with van der Waals surface area (Å²) in [6.45, 7) is 4.70. The van der Waals surface area contributed by atoms with Crippen molar-refractivity contribution < 1.29 is 9.59 Å². The van der Waals surface area contributed by atoms with Gasteiger partial charge in [-0.2, -0.15) is 0 Å². The number of benzene rings is 2. The summed E-state index contributed by atoms with van der Waals surface area (Å²) in [5.41, 5.74) is 1.43. The van der Waals surface area contributed by atoms with Gasteiger partial charge in [-0.1, -0.05) is 78.8 Å². The van der Waals surface area contributed by atoms with E-state index in [4.69, 9.17) is 46.4 Å². The van der Waals surface area contributed by atoms with Gasteiger partial charge in [-0.3, -0.25) is 9.59 Å².